The second kappa shape index (κ2) is 8.83. The van der Waals surface area contributed by atoms with Gasteiger partial charge < -0.3 is 19.9 Å². The molecule has 3 amide bonds. The Kier molecular flexibility index (Phi) is 6.26. The third-order valence-corrected chi connectivity index (χ3v) is 4.98. The Labute approximate surface area is 158 Å². The Bertz CT molecular complexity index is 695. The SMILES string of the molecule is CCOC(=O)N1CCN(C(=O)c2cccc(C(=O)NC3CCCC3)n2)CC1. The van der Waals surface area contributed by atoms with Crippen LogP contribution in [0, 0.1) is 0 Å². The smallest absolute Gasteiger partial charge is 0.409 e. The molecular formula is C19H26N4O4. The average Bonchev–Trinajstić information content (AvgIpc) is 3.21. The minimum absolute atomic E-state index is 0.203. The molecule has 1 aromatic heterocycles. The summed E-state index contributed by atoms with van der Waals surface area (Å²) in [6.07, 6.45) is 3.90. The highest BCUT2D eigenvalue weighted by atomic mass is 16.6. The highest BCUT2D eigenvalue weighted by Gasteiger charge is 2.26. The van der Waals surface area contributed by atoms with Crippen LogP contribution in [-0.2, 0) is 4.74 Å². The van der Waals surface area contributed by atoms with Crippen LogP contribution in [0.25, 0.3) is 0 Å². The summed E-state index contributed by atoms with van der Waals surface area (Å²) in [5.74, 6) is -0.460. The Morgan fingerprint density at radius 3 is 2.37 bits per heavy atom. The Balaban J connectivity index is 1.59. The van der Waals surface area contributed by atoms with E-state index in [0.29, 0.717) is 32.8 Å². The number of nitrogens with one attached hydrogen (secondary N) is 1. The fourth-order valence-electron chi connectivity index (χ4n) is 3.48. The topological polar surface area (TPSA) is 91.8 Å². The van der Waals surface area contributed by atoms with Gasteiger partial charge in [-0.05, 0) is 31.9 Å². The molecule has 8 heteroatoms. The van der Waals surface area contributed by atoms with Gasteiger partial charge in [0.25, 0.3) is 11.8 Å². The number of nitrogens with zero attached hydrogens (tertiary/aromatic N) is 3. The number of aromatic nitrogens is 1. The molecule has 146 valence electrons. The molecule has 2 aliphatic rings. The summed E-state index contributed by atoms with van der Waals surface area (Å²) >= 11 is 0. The maximum atomic E-state index is 12.7. The minimum Gasteiger partial charge on any atom is -0.450 e. The van der Waals surface area contributed by atoms with Crippen LogP contribution in [0.2, 0.25) is 0 Å². The van der Waals surface area contributed by atoms with Gasteiger partial charge in [0.15, 0.2) is 0 Å². The maximum Gasteiger partial charge on any atom is 0.409 e. The number of ether oxygens (including phenoxy) is 1. The molecule has 8 nitrogen and oxygen atoms in total. The largest absolute Gasteiger partial charge is 0.450 e. The summed E-state index contributed by atoms with van der Waals surface area (Å²) in [6.45, 7) is 3.77. The summed E-state index contributed by atoms with van der Waals surface area (Å²) in [5, 5.41) is 2.99. The van der Waals surface area contributed by atoms with E-state index in [-0.39, 0.29) is 35.3 Å². The molecule has 1 saturated carbocycles. The van der Waals surface area contributed by atoms with Crippen LogP contribution in [0.5, 0.6) is 0 Å². The fourth-order valence-corrected chi connectivity index (χ4v) is 3.48. The van der Waals surface area contributed by atoms with Gasteiger partial charge >= 0.3 is 6.09 Å². The monoisotopic (exact) mass is 374 g/mol. The zero-order chi connectivity index (χ0) is 19.2. The predicted octanol–water partition coefficient (Wildman–Crippen LogP) is 1.67. The zero-order valence-corrected chi connectivity index (χ0v) is 15.6. The molecule has 0 aromatic carbocycles. The van der Waals surface area contributed by atoms with Gasteiger partial charge in [0.1, 0.15) is 11.4 Å². The molecule has 0 atom stereocenters. The van der Waals surface area contributed by atoms with E-state index in [1.54, 1.807) is 34.9 Å². The molecule has 1 N–H and O–H groups in total. The average molecular weight is 374 g/mol. The van der Waals surface area contributed by atoms with Crippen molar-refractivity contribution in [2.45, 2.75) is 38.6 Å². The van der Waals surface area contributed by atoms with E-state index in [1.165, 1.54) is 0 Å². The van der Waals surface area contributed by atoms with Gasteiger partial charge in [0.05, 0.1) is 6.61 Å². The number of carbonyl (C=O) groups is 3. The van der Waals surface area contributed by atoms with E-state index in [9.17, 15) is 14.4 Å². The van der Waals surface area contributed by atoms with Crippen molar-refractivity contribution in [3.8, 4) is 0 Å². The Hall–Kier alpha value is -2.64. The standard InChI is InChI=1S/C19H26N4O4/c1-2-27-19(26)23-12-10-22(11-13-23)18(25)16-9-5-8-15(21-16)17(24)20-14-6-3-4-7-14/h5,8-9,14H,2-4,6-7,10-13H2,1H3,(H,20,24). The van der Waals surface area contributed by atoms with Crippen molar-refractivity contribution in [2.75, 3.05) is 32.8 Å². The molecular weight excluding hydrogens is 348 g/mol. The first-order chi connectivity index (χ1) is 13.1. The van der Waals surface area contributed by atoms with Crippen LogP contribution in [0.15, 0.2) is 18.2 Å². The van der Waals surface area contributed by atoms with E-state index in [2.05, 4.69) is 10.3 Å². The third-order valence-electron chi connectivity index (χ3n) is 4.98. The third kappa shape index (κ3) is 4.75. The Morgan fingerprint density at radius 1 is 1.07 bits per heavy atom. The van der Waals surface area contributed by atoms with Crippen molar-refractivity contribution < 1.29 is 19.1 Å². The van der Waals surface area contributed by atoms with E-state index in [0.717, 1.165) is 25.7 Å². The lowest BCUT2D eigenvalue weighted by molar-refractivity contribution is 0.0565. The first-order valence-electron chi connectivity index (χ1n) is 9.57. The number of pyridine rings is 1. The second-order valence-electron chi connectivity index (χ2n) is 6.84. The fraction of sp³-hybridized carbons (Fsp3) is 0.579. The van der Waals surface area contributed by atoms with Crippen LogP contribution < -0.4 is 5.32 Å². The molecule has 2 fully saturated rings. The number of hydrogen-bond acceptors (Lipinski definition) is 5. The van der Waals surface area contributed by atoms with Gasteiger partial charge in [0, 0.05) is 32.2 Å². The lowest BCUT2D eigenvalue weighted by Gasteiger charge is -2.33. The van der Waals surface area contributed by atoms with Crippen LogP contribution >= 0.6 is 0 Å². The number of carbonyl (C=O) groups excluding carboxylic acids is 3. The number of piperazine rings is 1. The molecule has 0 bridgehead atoms. The molecule has 27 heavy (non-hydrogen) atoms. The summed E-state index contributed by atoms with van der Waals surface area (Å²) in [4.78, 5) is 44.3. The molecule has 0 spiro atoms. The van der Waals surface area contributed by atoms with Gasteiger partial charge in [-0.1, -0.05) is 18.9 Å². The van der Waals surface area contributed by atoms with Gasteiger partial charge in [-0.2, -0.15) is 0 Å². The summed E-state index contributed by atoms with van der Waals surface area (Å²) in [5.41, 5.74) is 0.511. The van der Waals surface area contributed by atoms with Crippen molar-refractivity contribution in [2.24, 2.45) is 0 Å². The highest BCUT2D eigenvalue weighted by Crippen LogP contribution is 2.18. The Morgan fingerprint density at radius 2 is 1.70 bits per heavy atom. The first-order valence-corrected chi connectivity index (χ1v) is 9.57. The molecule has 1 aromatic rings. The van der Waals surface area contributed by atoms with Crippen molar-refractivity contribution in [1.82, 2.24) is 20.1 Å². The molecule has 1 aliphatic heterocycles. The molecule has 3 rings (SSSR count). The van der Waals surface area contributed by atoms with E-state index in [1.807, 2.05) is 0 Å². The number of amides is 3. The van der Waals surface area contributed by atoms with Crippen molar-refractivity contribution in [3.63, 3.8) is 0 Å². The first kappa shape index (κ1) is 19.1. The quantitative estimate of drug-likeness (QED) is 0.865. The van der Waals surface area contributed by atoms with Gasteiger partial charge in [-0.3, -0.25) is 9.59 Å². The zero-order valence-electron chi connectivity index (χ0n) is 15.6. The summed E-state index contributed by atoms with van der Waals surface area (Å²) in [6, 6.07) is 5.12. The summed E-state index contributed by atoms with van der Waals surface area (Å²) < 4.78 is 4.99. The van der Waals surface area contributed by atoms with Crippen molar-refractivity contribution in [1.29, 1.82) is 0 Å². The van der Waals surface area contributed by atoms with Gasteiger partial charge in [-0.25, -0.2) is 9.78 Å². The molecule has 2 heterocycles. The number of rotatable bonds is 4. The molecule has 1 aliphatic carbocycles. The normalized spacial score (nSPS) is 17.7. The number of hydrogen-bond donors (Lipinski definition) is 1. The maximum absolute atomic E-state index is 12.7. The van der Waals surface area contributed by atoms with Gasteiger partial charge in [0.2, 0.25) is 0 Å². The highest BCUT2D eigenvalue weighted by molar-refractivity contribution is 5.96. The molecule has 1 saturated heterocycles. The van der Waals surface area contributed by atoms with Crippen molar-refractivity contribution >= 4 is 17.9 Å². The van der Waals surface area contributed by atoms with Gasteiger partial charge in [-0.15, -0.1) is 0 Å². The van der Waals surface area contributed by atoms with Crippen LogP contribution in [0.4, 0.5) is 4.79 Å². The van der Waals surface area contributed by atoms with Crippen LogP contribution in [-0.4, -0.2) is 71.5 Å². The second-order valence-corrected chi connectivity index (χ2v) is 6.84. The van der Waals surface area contributed by atoms with E-state index < -0.39 is 0 Å². The predicted molar refractivity (Wildman–Crippen MR) is 98.5 cm³/mol. The lowest BCUT2D eigenvalue weighted by atomic mass is 10.2. The van der Waals surface area contributed by atoms with E-state index >= 15 is 0 Å². The summed E-state index contributed by atoms with van der Waals surface area (Å²) in [7, 11) is 0. The molecule has 0 unspecified atom stereocenters. The van der Waals surface area contributed by atoms with E-state index in [4.69, 9.17) is 4.74 Å². The van der Waals surface area contributed by atoms with Crippen LogP contribution in [0.1, 0.15) is 53.6 Å². The molecule has 0 radical (unpaired) electrons. The van der Waals surface area contributed by atoms with Crippen molar-refractivity contribution in [3.05, 3.63) is 29.6 Å². The lowest BCUT2D eigenvalue weighted by Crippen LogP contribution is -2.50. The van der Waals surface area contributed by atoms with Crippen LogP contribution in [0.3, 0.4) is 0 Å². The minimum atomic E-state index is -0.353.